The summed E-state index contributed by atoms with van der Waals surface area (Å²) >= 11 is 0. The van der Waals surface area contributed by atoms with E-state index in [2.05, 4.69) is 16.6 Å². The molecule has 0 aliphatic rings. The summed E-state index contributed by atoms with van der Waals surface area (Å²) in [6.45, 7) is 10.6. The molecule has 1 atom stereocenters. The molecule has 3 aromatic rings. The molecule has 0 spiro atoms. The molecule has 204 valence electrons. The first-order valence-electron chi connectivity index (χ1n) is 13.0. The molecule has 7 nitrogen and oxygen atoms in total. The van der Waals surface area contributed by atoms with Crippen LogP contribution in [-0.4, -0.2) is 40.5 Å². The number of nitrogens with one attached hydrogen (secondary N) is 2. The van der Waals surface area contributed by atoms with E-state index in [1.165, 1.54) is 4.90 Å². The highest BCUT2D eigenvalue weighted by molar-refractivity contribution is 6.00. The molecule has 2 N–H and O–H groups in total. The number of amides is 3. The monoisotopic (exact) mass is 527 g/mol. The molecule has 0 bridgehead atoms. The highest BCUT2D eigenvalue weighted by Crippen LogP contribution is 2.32. The van der Waals surface area contributed by atoms with Gasteiger partial charge in [0.2, 0.25) is 5.91 Å². The van der Waals surface area contributed by atoms with Gasteiger partial charge in [-0.15, -0.1) is 6.42 Å². The third-order valence-corrected chi connectivity index (χ3v) is 6.49. The van der Waals surface area contributed by atoms with Crippen LogP contribution in [-0.2, 0) is 14.3 Å². The molecule has 0 aromatic heterocycles. The summed E-state index contributed by atoms with van der Waals surface area (Å²) in [7, 11) is 0. The molecular weight excluding hydrogens is 490 g/mol. The van der Waals surface area contributed by atoms with Crippen LogP contribution in [0, 0.1) is 12.3 Å². The molecule has 0 aliphatic carbocycles. The van der Waals surface area contributed by atoms with E-state index < -0.39 is 29.2 Å². The number of hydrogen-bond acceptors (Lipinski definition) is 4. The van der Waals surface area contributed by atoms with Crippen molar-refractivity contribution in [3.05, 3.63) is 77.9 Å². The summed E-state index contributed by atoms with van der Waals surface area (Å²) in [5, 5.41) is 7.57. The Bertz CT molecular complexity index is 1380. The standard InChI is InChI=1S/C32H37N3O4/c1-8-22-14-16-24(17-15-22)28(29(37)34-26-19-18-23-12-10-11-13-25(23)20-26)35(32(6,7)9-2)27(36)21-33-30(38)39-31(3,4)5/h1,10-20,28H,9,21H2,2-7H3,(H,33,38)(H,34,37). The number of alkyl carbamates (subject to hydrolysis) is 1. The lowest BCUT2D eigenvalue weighted by Crippen LogP contribution is -2.55. The number of nitrogens with zero attached hydrogens (tertiary/aromatic N) is 1. The van der Waals surface area contributed by atoms with Crippen molar-refractivity contribution in [1.29, 1.82) is 0 Å². The second-order valence-corrected chi connectivity index (χ2v) is 11.0. The van der Waals surface area contributed by atoms with Gasteiger partial charge in [-0.2, -0.15) is 0 Å². The van der Waals surface area contributed by atoms with Crippen molar-refractivity contribution in [1.82, 2.24) is 10.2 Å². The fraction of sp³-hybridized carbons (Fsp3) is 0.344. The zero-order valence-corrected chi connectivity index (χ0v) is 23.5. The molecule has 3 amide bonds. The second-order valence-electron chi connectivity index (χ2n) is 11.0. The SMILES string of the molecule is C#Cc1ccc(C(C(=O)Nc2ccc3ccccc3c2)N(C(=O)CNC(=O)OC(C)(C)C)C(C)(C)CC)cc1. The number of benzene rings is 3. The maximum Gasteiger partial charge on any atom is 0.408 e. The molecule has 0 aliphatic heterocycles. The Morgan fingerprint density at radius 1 is 0.949 bits per heavy atom. The lowest BCUT2D eigenvalue weighted by atomic mass is 9.92. The van der Waals surface area contributed by atoms with Crippen LogP contribution in [0.4, 0.5) is 10.5 Å². The van der Waals surface area contributed by atoms with Crippen molar-refractivity contribution >= 4 is 34.4 Å². The lowest BCUT2D eigenvalue weighted by molar-refractivity contribution is -0.145. The first-order chi connectivity index (χ1) is 18.3. The van der Waals surface area contributed by atoms with Crippen LogP contribution in [0.25, 0.3) is 10.8 Å². The molecular formula is C32H37N3O4. The highest BCUT2D eigenvalue weighted by atomic mass is 16.6. The lowest BCUT2D eigenvalue weighted by Gasteiger charge is -2.43. The van der Waals surface area contributed by atoms with Crippen molar-refractivity contribution in [3.8, 4) is 12.3 Å². The number of terminal acetylenes is 1. The van der Waals surface area contributed by atoms with E-state index in [0.717, 1.165) is 10.8 Å². The molecule has 0 fully saturated rings. The summed E-state index contributed by atoms with van der Waals surface area (Å²) in [6, 6.07) is 19.5. The topological polar surface area (TPSA) is 87.7 Å². The van der Waals surface area contributed by atoms with Crippen molar-refractivity contribution in [2.45, 2.75) is 65.1 Å². The van der Waals surface area contributed by atoms with Crippen LogP contribution in [0.5, 0.6) is 0 Å². The third-order valence-electron chi connectivity index (χ3n) is 6.49. The van der Waals surface area contributed by atoms with E-state index in [0.29, 0.717) is 23.2 Å². The van der Waals surface area contributed by atoms with Crippen molar-refractivity contribution in [3.63, 3.8) is 0 Å². The Hall–Kier alpha value is -4.31. The van der Waals surface area contributed by atoms with Gasteiger partial charge in [0.1, 0.15) is 18.2 Å². The predicted molar refractivity (Wildman–Crippen MR) is 155 cm³/mol. The van der Waals surface area contributed by atoms with Gasteiger partial charge in [-0.3, -0.25) is 9.59 Å². The van der Waals surface area contributed by atoms with Gasteiger partial charge in [0.05, 0.1) is 0 Å². The molecule has 3 rings (SSSR count). The molecule has 7 heteroatoms. The van der Waals surface area contributed by atoms with Crippen LogP contribution in [0.3, 0.4) is 0 Å². The summed E-state index contributed by atoms with van der Waals surface area (Å²) in [6.07, 6.45) is 5.40. The number of carbonyl (C=O) groups is 3. The van der Waals surface area contributed by atoms with E-state index in [9.17, 15) is 14.4 Å². The van der Waals surface area contributed by atoms with E-state index in [4.69, 9.17) is 11.2 Å². The average molecular weight is 528 g/mol. The minimum absolute atomic E-state index is 0.333. The van der Waals surface area contributed by atoms with Gasteiger partial charge >= 0.3 is 6.09 Å². The van der Waals surface area contributed by atoms with Gasteiger partial charge < -0.3 is 20.3 Å². The van der Waals surface area contributed by atoms with Gasteiger partial charge in [-0.05, 0) is 81.6 Å². The van der Waals surface area contributed by atoms with E-state index in [1.54, 1.807) is 45.0 Å². The Balaban J connectivity index is 2.00. The van der Waals surface area contributed by atoms with Crippen LogP contribution >= 0.6 is 0 Å². The predicted octanol–water partition coefficient (Wildman–Crippen LogP) is 6.04. The Kier molecular flexibility index (Phi) is 9.03. The Morgan fingerprint density at radius 3 is 2.18 bits per heavy atom. The minimum atomic E-state index is -0.994. The zero-order valence-electron chi connectivity index (χ0n) is 23.5. The largest absolute Gasteiger partial charge is 0.444 e. The van der Waals surface area contributed by atoms with Crippen LogP contribution < -0.4 is 10.6 Å². The number of carbonyl (C=O) groups excluding carboxylic acids is 3. The van der Waals surface area contributed by atoms with Crippen LogP contribution in [0.1, 0.15) is 65.1 Å². The molecule has 1 unspecified atom stereocenters. The first kappa shape index (κ1) is 29.2. The number of ether oxygens (including phenoxy) is 1. The first-order valence-corrected chi connectivity index (χ1v) is 13.0. The highest BCUT2D eigenvalue weighted by Gasteiger charge is 2.40. The van der Waals surface area contributed by atoms with E-state index in [-0.39, 0.29) is 12.5 Å². The third kappa shape index (κ3) is 7.61. The normalized spacial score (nSPS) is 12.2. The van der Waals surface area contributed by atoms with E-state index in [1.807, 2.05) is 63.2 Å². The maximum absolute atomic E-state index is 14.0. The van der Waals surface area contributed by atoms with Gasteiger partial charge in [0.25, 0.3) is 5.91 Å². The Morgan fingerprint density at radius 2 is 1.59 bits per heavy atom. The van der Waals surface area contributed by atoms with Crippen molar-refractivity contribution < 1.29 is 19.1 Å². The smallest absolute Gasteiger partial charge is 0.408 e. The Labute approximate surface area is 230 Å². The molecule has 39 heavy (non-hydrogen) atoms. The zero-order chi connectivity index (χ0) is 28.8. The summed E-state index contributed by atoms with van der Waals surface area (Å²) < 4.78 is 5.29. The molecule has 0 heterocycles. The molecule has 0 saturated carbocycles. The van der Waals surface area contributed by atoms with Crippen LogP contribution in [0.2, 0.25) is 0 Å². The fourth-order valence-corrected chi connectivity index (χ4v) is 4.21. The molecule has 0 saturated heterocycles. The van der Waals surface area contributed by atoms with Gasteiger partial charge in [-0.25, -0.2) is 4.79 Å². The van der Waals surface area contributed by atoms with Crippen LogP contribution in [0.15, 0.2) is 66.7 Å². The summed E-state index contributed by atoms with van der Waals surface area (Å²) in [5.74, 6) is 1.77. The summed E-state index contributed by atoms with van der Waals surface area (Å²) in [5.41, 5.74) is 0.419. The summed E-state index contributed by atoms with van der Waals surface area (Å²) in [4.78, 5) is 41.5. The van der Waals surface area contributed by atoms with Gasteiger partial charge in [0, 0.05) is 16.8 Å². The number of anilines is 1. The van der Waals surface area contributed by atoms with Gasteiger partial charge in [0.15, 0.2) is 0 Å². The maximum atomic E-state index is 14.0. The molecule has 0 radical (unpaired) electrons. The van der Waals surface area contributed by atoms with Gasteiger partial charge in [-0.1, -0.05) is 55.3 Å². The van der Waals surface area contributed by atoms with Crippen molar-refractivity contribution in [2.75, 3.05) is 11.9 Å². The minimum Gasteiger partial charge on any atom is -0.444 e. The molecule has 3 aromatic carbocycles. The number of fused-ring (bicyclic) bond motifs is 1. The fourth-order valence-electron chi connectivity index (χ4n) is 4.21. The number of hydrogen-bond donors (Lipinski definition) is 2. The average Bonchev–Trinajstić information content (AvgIpc) is 2.89. The van der Waals surface area contributed by atoms with Crippen molar-refractivity contribution in [2.24, 2.45) is 0 Å². The quantitative estimate of drug-likeness (QED) is 0.350. The number of rotatable bonds is 8. The van der Waals surface area contributed by atoms with E-state index >= 15 is 0 Å². The second kappa shape index (κ2) is 12.0.